The summed E-state index contributed by atoms with van der Waals surface area (Å²) in [4.78, 5) is 38.1. The molecule has 1 saturated heterocycles. The van der Waals surface area contributed by atoms with E-state index in [-0.39, 0.29) is 6.54 Å². The summed E-state index contributed by atoms with van der Waals surface area (Å²) < 4.78 is 6.63. The third-order valence-corrected chi connectivity index (χ3v) is 4.23. The SMILES string of the molecule is COc1ccc(C2(C)NC(=O)N(CC(=O)Nc3cnn(C)c3)C2=O)cc1. The molecule has 0 spiro atoms. The molecule has 0 radical (unpaired) electrons. The van der Waals surface area contributed by atoms with Crippen LogP contribution in [0.4, 0.5) is 10.5 Å². The van der Waals surface area contributed by atoms with Crippen LogP contribution >= 0.6 is 0 Å². The smallest absolute Gasteiger partial charge is 0.325 e. The summed E-state index contributed by atoms with van der Waals surface area (Å²) in [6.45, 7) is 1.22. The lowest BCUT2D eigenvalue weighted by molar-refractivity contribution is -0.133. The predicted molar refractivity (Wildman–Crippen MR) is 92.4 cm³/mol. The number of amides is 4. The molecule has 1 fully saturated rings. The molecule has 9 nitrogen and oxygen atoms in total. The lowest BCUT2D eigenvalue weighted by Gasteiger charge is -2.22. The van der Waals surface area contributed by atoms with Crippen molar-refractivity contribution in [2.75, 3.05) is 19.0 Å². The van der Waals surface area contributed by atoms with Crippen molar-refractivity contribution in [3.8, 4) is 5.75 Å². The molecule has 4 amide bonds. The highest BCUT2D eigenvalue weighted by atomic mass is 16.5. The van der Waals surface area contributed by atoms with Crippen molar-refractivity contribution in [1.29, 1.82) is 0 Å². The molecule has 1 aromatic carbocycles. The fraction of sp³-hybridized carbons (Fsp3) is 0.294. The number of anilines is 1. The number of aryl methyl sites for hydroxylation is 1. The van der Waals surface area contributed by atoms with E-state index in [1.165, 1.54) is 10.9 Å². The van der Waals surface area contributed by atoms with Crippen LogP contribution in [0.2, 0.25) is 0 Å². The van der Waals surface area contributed by atoms with Gasteiger partial charge in [0.1, 0.15) is 17.8 Å². The van der Waals surface area contributed by atoms with Crippen LogP contribution < -0.4 is 15.4 Å². The second kappa shape index (κ2) is 6.51. The van der Waals surface area contributed by atoms with E-state index in [1.807, 2.05) is 0 Å². The van der Waals surface area contributed by atoms with Crippen molar-refractivity contribution in [3.05, 3.63) is 42.2 Å². The first-order valence-corrected chi connectivity index (χ1v) is 7.90. The number of rotatable bonds is 5. The summed E-state index contributed by atoms with van der Waals surface area (Å²) >= 11 is 0. The molecule has 136 valence electrons. The van der Waals surface area contributed by atoms with Gasteiger partial charge in [-0.1, -0.05) is 12.1 Å². The van der Waals surface area contributed by atoms with Gasteiger partial charge in [-0.2, -0.15) is 5.10 Å². The van der Waals surface area contributed by atoms with Crippen LogP contribution in [0.1, 0.15) is 12.5 Å². The Bertz CT molecular complexity index is 860. The lowest BCUT2D eigenvalue weighted by Crippen LogP contribution is -2.42. The molecule has 0 saturated carbocycles. The molecule has 9 heteroatoms. The van der Waals surface area contributed by atoms with E-state index in [0.717, 1.165) is 4.90 Å². The third kappa shape index (κ3) is 3.10. The average Bonchev–Trinajstić information content (AvgIpc) is 3.11. The Labute approximate surface area is 149 Å². The van der Waals surface area contributed by atoms with E-state index in [2.05, 4.69) is 15.7 Å². The predicted octanol–water partition coefficient (Wildman–Crippen LogP) is 0.834. The quantitative estimate of drug-likeness (QED) is 0.771. The van der Waals surface area contributed by atoms with E-state index >= 15 is 0 Å². The molecule has 1 aliphatic heterocycles. The van der Waals surface area contributed by atoms with Crippen molar-refractivity contribution in [2.24, 2.45) is 7.05 Å². The average molecular weight is 357 g/mol. The maximum absolute atomic E-state index is 12.8. The number of carbonyl (C=O) groups excluding carboxylic acids is 3. The molecular weight excluding hydrogens is 338 g/mol. The van der Waals surface area contributed by atoms with Gasteiger partial charge < -0.3 is 15.4 Å². The highest BCUT2D eigenvalue weighted by molar-refractivity contribution is 6.10. The van der Waals surface area contributed by atoms with E-state index in [9.17, 15) is 14.4 Å². The summed E-state index contributed by atoms with van der Waals surface area (Å²) in [5.74, 6) is -0.337. The van der Waals surface area contributed by atoms with Gasteiger partial charge in [0.05, 0.1) is 19.0 Å². The summed E-state index contributed by atoms with van der Waals surface area (Å²) in [6, 6.07) is 6.21. The van der Waals surface area contributed by atoms with Crippen LogP contribution in [-0.2, 0) is 22.2 Å². The third-order valence-electron chi connectivity index (χ3n) is 4.23. The number of carbonyl (C=O) groups is 3. The van der Waals surface area contributed by atoms with E-state index in [4.69, 9.17) is 4.74 Å². The second-order valence-electron chi connectivity index (χ2n) is 6.13. The maximum atomic E-state index is 12.8. The molecule has 2 N–H and O–H groups in total. The number of methoxy groups -OCH3 is 1. The highest BCUT2D eigenvalue weighted by Gasteiger charge is 2.49. The Kier molecular flexibility index (Phi) is 4.37. The first-order chi connectivity index (χ1) is 12.3. The molecule has 1 atom stereocenters. The molecule has 0 bridgehead atoms. The summed E-state index contributed by atoms with van der Waals surface area (Å²) in [5.41, 5.74) is -0.146. The first kappa shape index (κ1) is 17.5. The number of aromatic nitrogens is 2. The normalized spacial score (nSPS) is 19.4. The zero-order chi connectivity index (χ0) is 18.9. The topological polar surface area (TPSA) is 106 Å². The number of hydrogen-bond acceptors (Lipinski definition) is 5. The van der Waals surface area contributed by atoms with Crippen LogP contribution in [-0.4, -0.2) is 46.2 Å². The Hall–Kier alpha value is -3.36. The van der Waals surface area contributed by atoms with Crippen molar-refractivity contribution in [3.63, 3.8) is 0 Å². The van der Waals surface area contributed by atoms with E-state index in [0.29, 0.717) is 17.0 Å². The molecule has 1 aliphatic rings. The molecule has 0 aliphatic carbocycles. The summed E-state index contributed by atoms with van der Waals surface area (Å²) in [6.07, 6.45) is 3.09. The standard InChI is InChI=1S/C17H19N5O4/c1-17(11-4-6-13(26-3)7-5-11)15(24)22(16(25)20-17)10-14(23)19-12-8-18-21(2)9-12/h4-9H,10H2,1-3H3,(H,19,23)(H,20,25). The number of hydrogen-bond donors (Lipinski definition) is 2. The fourth-order valence-corrected chi connectivity index (χ4v) is 2.79. The van der Waals surface area contributed by atoms with Crippen LogP contribution in [0, 0.1) is 0 Å². The molecule has 1 unspecified atom stereocenters. The molecule has 2 heterocycles. The number of benzene rings is 1. The molecule has 1 aromatic heterocycles. The molecule has 3 rings (SSSR count). The summed E-state index contributed by atoms with van der Waals surface area (Å²) in [7, 11) is 3.26. The van der Waals surface area contributed by atoms with Gasteiger partial charge in [0, 0.05) is 13.2 Å². The fourth-order valence-electron chi connectivity index (χ4n) is 2.79. The van der Waals surface area contributed by atoms with Crippen LogP contribution in [0.3, 0.4) is 0 Å². The highest BCUT2D eigenvalue weighted by Crippen LogP contribution is 2.29. The number of imide groups is 1. The Balaban J connectivity index is 1.74. The zero-order valence-electron chi connectivity index (χ0n) is 14.6. The van der Waals surface area contributed by atoms with Gasteiger partial charge in [-0.05, 0) is 24.6 Å². The number of nitrogens with zero attached hydrogens (tertiary/aromatic N) is 3. The largest absolute Gasteiger partial charge is 0.497 e. The second-order valence-corrected chi connectivity index (χ2v) is 6.13. The van der Waals surface area contributed by atoms with Gasteiger partial charge in [-0.25, -0.2) is 4.79 Å². The van der Waals surface area contributed by atoms with Gasteiger partial charge >= 0.3 is 6.03 Å². The van der Waals surface area contributed by atoms with Crippen LogP contribution in [0.15, 0.2) is 36.7 Å². The minimum atomic E-state index is -1.24. The lowest BCUT2D eigenvalue weighted by atomic mass is 9.92. The van der Waals surface area contributed by atoms with Crippen LogP contribution in [0.5, 0.6) is 5.75 Å². The van der Waals surface area contributed by atoms with Gasteiger partial charge in [-0.15, -0.1) is 0 Å². The van der Waals surface area contributed by atoms with Gasteiger partial charge in [0.2, 0.25) is 5.91 Å². The van der Waals surface area contributed by atoms with Crippen molar-refractivity contribution >= 4 is 23.5 Å². The molecular formula is C17H19N5O4. The monoisotopic (exact) mass is 357 g/mol. The minimum Gasteiger partial charge on any atom is -0.497 e. The number of ether oxygens (including phenoxy) is 1. The van der Waals surface area contributed by atoms with Gasteiger partial charge in [-0.3, -0.25) is 19.2 Å². The minimum absolute atomic E-state index is 0.384. The van der Waals surface area contributed by atoms with Gasteiger partial charge in [0.15, 0.2) is 0 Å². The summed E-state index contributed by atoms with van der Waals surface area (Å²) in [5, 5.41) is 9.20. The van der Waals surface area contributed by atoms with Crippen LogP contribution in [0.25, 0.3) is 0 Å². The molecule has 26 heavy (non-hydrogen) atoms. The Morgan fingerprint density at radius 3 is 2.58 bits per heavy atom. The Morgan fingerprint density at radius 2 is 2.00 bits per heavy atom. The van der Waals surface area contributed by atoms with Crippen molar-refractivity contribution < 1.29 is 19.1 Å². The Morgan fingerprint density at radius 1 is 1.31 bits per heavy atom. The number of urea groups is 1. The molecule has 2 aromatic rings. The number of nitrogens with one attached hydrogen (secondary N) is 2. The van der Waals surface area contributed by atoms with Crippen molar-refractivity contribution in [1.82, 2.24) is 20.0 Å². The van der Waals surface area contributed by atoms with Gasteiger partial charge in [0.25, 0.3) is 5.91 Å². The maximum Gasteiger partial charge on any atom is 0.325 e. The van der Waals surface area contributed by atoms with Crippen molar-refractivity contribution in [2.45, 2.75) is 12.5 Å². The van der Waals surface area contributed by atoms with E-state index in [1.54, 1.807) is 51.5 Å². The van der Waals surface area contributed by atoms with E-state index < -0.39 is 23.4 Å². The first-order valence-electron chi connectivity index (χ1n) is 7.90. The zero-order valence-corrected chi connectivity index (χ0v) is 14.6.